The second-order valence-electron chi connectivity index (χ2n) is 5.98. The van der Waals surface area contributed by atoms with Crippen LogP contribution in [0.3, 0.4) is 0 Å². The van der Waals surface area contributed by atoms with E-state index in [2.05, 4.69) is 88.7 Å². The van der Waals surface area contributed by atoms with Crippen molar-refractivity contribution in [2.75, 3.05) is 0 Å². The molecule has 1 aromatic heterocycles. The first-order chi connectivity index (χ1) is 11.8. The van der Waals surface area contributed by atoms with Gasteiger partial charge in [0.1, 0.15) is 11.2 Å². The molecule has 4 aromatic carbocycles. The zero-order valence-corrected chi connectivity index (χ0v) is 14.4. The lowest BCUT2D eigenvalue weighted by Crippen LogP contribution is -1.78. The number of rotatable bonds is 1. The molecule has 0 radical (unpaired) electrons. The van der Waals surface area contributed by atoms with Gasteiger partial charge >= 0.3 is 0 Å². The number of fused-ring (bicyclic) bond motifs is 5. The van der Waals surface area contributed by atoms with Gasteiger partial charge in [0.05, 0.1) is 0 Å². The maximum Gasteiger partial charge on any atom is 0.136 e. The molecular weight excluding hydrogens is 360 g/mol. The molecule has 0 aliphatic rings. The van der Waals surface area contributed by atoms with Gasteiger partial charge in [0, 0.05) is 15.2 Å². The monoisotopic (exact) mass is 372 g/mol. The molecule has 5 rings (SSSR count). The molecule has 0 spiro atoms. The molecule has 0 saturated carbocycles. The molecule has 0 fully saturated rings. The average Bonchev–Trinajstić information content (AvgIpc) is 3.00. The Morgan fingerprint density at radius 1 is 0.625 bits per heavy atom. The number of furan rings is 1. The molecular formula is C22H13BrO. The van der Waals surface area contributed by atoms with Crippen LogP contribution < -0.4 is 0 Å². The first kappa shape index (κ1) is 13.8. The van der Waals surface area contributed by atoms with Crippen LogP contribution in [0.1, 0.15) is 0 Å². The fourth-order valence-corrected chi connectivity index (χ4v) is 3.79. The normalized spacial score (nSPS) is 11.5. The summed E-state index contributed by atoms with van der Waals surface area (Å²) in [6.07, 6.45) is 0. The second kappa shape index (κ2) is 5.22. The summed E-state index contributed by atoms with van der Waals surface area (Å²) < 4.78 is 7.15. The first-order valence-corrected chi connectivity index (χ1v) is 8.69. The zero-order chi connectivity index (χ0) is 16.1. The topological polar surface area (TPSA) is 13.1 Å². The Labute approximate surface area is 147 Å². The van der Waals surface area contributed by atoms with E-state index < -0.39 is 0 Å². The highest BCUT2D eigenvalue weighted by molar-refractivity contribution is 9.10. The van der Waals surface area contributed by atoms with Crippen molar-refractivity contribution in [1.29, 1.82) is 0 Å². The van der Waals surface area contributed by atoms with E-state index in [4.69, 9.17) is 4.42 Å². The standard InChI is InChI=1S/C22H13BrO/c23-17-6-3-5-15(12-17)16-9-10-20-19(13-16)22-18-7-2-1-4-14(18)8-11-21(22)24-20/h1-13H. The summed E-state index contributed by atoms with van der Waals surface area (Å²) in [5, 5.41) is 4.83. The fourth-order valence-electron chi connectivity index (χ4n) is 3.39. The van der Waals surface area contributed by atoms with E-state index in [1.807, 2.05) is 6.07 Å². The minimum absolute atomic E-state index is 0.931. The lowest BCUT2D eigenvalue weighted by molar-refractivity contribution is 0.669. The molecule has 114 valence electrons. The number of hydrogen-bond donors (Lipinski definition) is 0. The van der Waals surface area contributed by atoms with Crippen molar-refractivity contribution in [2.24, 2.45) is 0 Å². The van der Waals surface area contributed by atoms with Crippen LogP contribution in [0, 0.1) is 0 Å². The molecule has 24 heavy (non-hydrogen) atoms. The minimum Gasteiger partial charge on any atom is -0.456 e. The minimum atomic E-state index is 0.931. The third-order valence-corrected chi connectivity index (χ3v) is 5.01. The predicted molar refractivity (Wildman–Crippen MR) is 104 cm³/mol. The summed E-state index contributed by atoms with van der Waals surface area (Å²) in [7, 11) is 0. The predicted octanol–water partition coefficient (Wildman–Crippen LogP) is 7.17. The Hall–Kier alpha value is -2.58. The Kier molecular flexibility index (Phi) is 3.00. The summed E-state index contributed by atoms with van der Waals surface area (Å²) in [5.74, 6) is 0. The molecule has 5 aromatic rings. The lowest BCUT2D eigenvalue weighted by atomic mass is 10.0. The molecule has 0 N–H and O–H groups in total. The van der Waals surface area contributed by atoms with E-state index in [0.29, 0.717) is 0 Å². The Morgan fingerprint density at radius 2 is 1.46 bits per heavy atom. The highest BCUT2D eigenvalue weighted by Gasteiger charge is 2.11. The highest BCUT2D eigenvalue weighted by Crippen LogP contribution is 2.36. The van der Waals surface area contributed by atoms with Crippen LogP contribution >= 0.6 is 15.9 Å². The Morgan fingerprint density at radius 3 is 2.38 bits per heavy atom. The van der Waals surface area contributed by atoms with Gasteiger partial charge in [-0.3, -0.25) is 0 Å². The molecule has 0 bridgehead atoms. The van der Waals surface area contributed by atoms with E-state index in [1.54, 1.807) is 0 Å². The van der Waals surface area contributed by atoms with Crippen molar-refractivity contribution < 1.29 is 4.42 Å². The van der Waals surface area contributed by atoms with Crippen molar-refractivity contribution in [1.82, 2.24) is 0 Å². The quantitative estimate of drug-likeness (QED) is 0.304. The molecule has 0 aliphatic heterocycles. The van der Waals surface area contributed by atoms with Gasteiger partial charge in [0.2, 0.25) is 0 Å². The number of benzene rings is 4. The summed E-state index contributed by atoms with van der Waals surface area (Å²) in [6.45, 7) is 0. The van der Waals surface area contributed by atoms with Crippen molar-refractivity contribution in [3.8, 4) is 11.1 Å². The average molecular weight is 373 g/mol. The maximum absolute atomic E-state index is 6.07. The van der Waals surface area contributed by atoms with E-state index in [9.17, 15) is 0 Å². The third-order valence-electron chi connectivity index (χ3n) is 4.52. The van der Waals surface area contributed by atoms with Crippen molar-refractivity contribution in [2.45, 2.75) is 0 Å². The molecule has 0 atom stereocenters. The Balaban J connectivity index is 1.88. The fraction of sp³-hybridized carbons (Fsp3) is 0. The summed E-state index contributed by atoms with van der Waals surface area (Å²) in [4.78, 5) is 0. The van der Waals surface area contributed by atoms with Crippen LogP contribution in [-0.2, 0) is 0 Å². The molecule has 2 heteroatoms. The Bertz CT molecular complexity index is 1220. The first-order valence-electron chi connectivity index (χ1n) is 7.89. The van der Waals surface area contributed by atoms with Gasteiger partial charge in [-0.15, -0.1) is 0 Å². The van der Waals surface area contributed by atoms with Gasteiger partial charge in [-0.1, -0.05) is 64.5 Å². The number of hydrogen-bond acceptors (Lipinski definition) is 1. The van der Waals surface area contributed by atoms with Crippen molar-refractivity contribution >= 4 is 48.6 Å². The van der Waals surface area contributed by atoms with Crippen LogP contribution in [0.25, 0.3) is 43.8 Å². The molecule has 0 saturated heterocycles. The van der Waals surface area contributed by atoms with Crippen LogP contribution in [0.5, 0.6) is 0 Å². The summed E-state index contributed by atoms with van der Waals surface area (Å²) in [5.41, 5.74) is 4.26. The molecule has 1 heterocycles. The van der Waals surface area contributed by atoms with E-state index in [-0.39, 0.29) is 0 Å². The highest BCUT2D eigenvalue weighted by atomic mass is 79.9. The summed E-state index contributed by atoms with van der Waals surface area (Å²) >= 11 is 3.56. The maximum atomic E-state index is 6.07. The van der Waals surface area contributed by atoms with Gasteiger partial charge in [-0.2, -0.15) is 0 Å². The second-order valence-corrected chi connectivity index (χ2v) is 6.90. The SMILES string of the molecule is Brc1cccc(-c2ccc3oc4ccc5ccccc5c4c3c2)c1. The van der Waals surface area contributed by atoms with Crippen LogP contribution in [-0.4, -0.2) is 0 Å². The largest absolute Gasteiger partial charge is 0.456 e. The van der Waals surface area contributed by atoms with Gasteiger partial charge in [0.15, 0.2) is 0 Å². The number of halogens is 1. The molecule has 0 amide bonds. The van der Waals surface area contributed by atoms with Crippen LogP contribution in [0.4, 0.5) is 0 Å². The van der Waals surface area contributed by atoms with Crippen molar-refractivity contribution in [3.05, 3.63) is 83.3 Å². The third kappa shape index (κ3) is 2.07. The van der Waals surface area contributed by atoms with Gasteiger partial charge in [-0.05, 0) is 52.2 Å². The van der Waals surface area contributed by atoms with Gasteiger partial charge in [0.25, 0.3) is 0 Å². The molecule has 0 unspecified atom stereocenters. The van der Waals surface area contributed by atoms with E-state index in [0.717, 1.165) is 15.6 Å². The van der Waals surface area contributed by atoms with Crippen molar-refractivity contribution in [3.63, 3.8) is 0 Å². The van der Waals surface area contributed by atoms with Crippen LogP contribution in [0.15, 0.2) is 87.8 Å². The molecule has 1 nitrogen and oxygen atoms in total. The van der Waals surface area contributed by atoms with Crippen LogP contribution in [0.2, 0.25) is 0 Å². The molecule has 0 aliphatic carbocycles. The van der Waals surface area contributed by atoms with E-state index >= 15 is 0 Å². The smallest absolute Gasteiger partial charge is 0.136 e. The van der Waals surface area contributed by atoms with E-state index in [1.165, 1.54) is 32.7 Å². The summed E-state index contributed by atoms with van der Waals surface area (Å²) in [6, 6.07) is 27.4. The lowest BCUT2D eigenvalue weighted by Gasteiger charge is -2.03. The van der Waals surface area contributed by atoms with Gasteiger partial charge in [-0.25, -0.2) is 0 Å². The zero-order valence-electron chi connectivity index (χ0n) is 12.8. The van der Waals surface area contributed by atoms with Gasteiger partial charge < -0.3 is 4.42 Å².